The number of phenols is 1. The fourth-order valence-corrected chi connectivity index (χ4v) is 5.15. The zero-order valence-electron chi connectivity index (χ0n) is 22.0. The number of aromatic nitrogens is 3. The number of halogens is 1. The summed E-state index contributed by atoms with van der Waals surface area (Å²) in [5, 5.41) is 17.9. The highest BCUT2D eigenvalue weighted by molar-refractivity contribution is 5.96. The number of amides is 1. The van der Waals surface area contributed by atoms with Gasteiger partial charge in [-0.1, -0.05) is 18.2 Å². The van der Waals surface area contributed by atoms with Crippen molar-refractivity contribution >= 4 is 22.5 Å². The molecule has 0 spiro atoms. The maximum absolute atomic E-state index is 14.3. The molecule has 0 radical (unpaired) electrons. The maximum atomic E-state index is 14.3. The molecule has 9 heteroatoms. The molecule has 40 heavy (non-hydrogen) atoms. The molecule has 3 heterocycles. The van der Waals surface area contributed by atoms with E-state index in [9.17, 15) is 14.3 Å². The molecule has 4 N–H and O–H groups in total. The second kappa shape index (κ2) is 10.8. The smallest absolute Gasteiger partial charge is 0.252 e. The van der Waals surface area contributed by atoms with Crippen LogP contribution >= 0.6 is 0 Å². The lowest BCUT2D eigenvalue weighted by Crippen LogP contribution is -2.43. The number of phenolic OH excluding ortho intramolecular Hbond substituents is 1. The van der Waals surface area contributed by atoms with E-state index in [-0.39, 0.29) is 17.2 Å². The predicted molar refractivity (Wildman–Crippen MR) is 153 cm³/mol. The average Bonchev–Trinajstić information content (AvgIpc) is 3.41. The van der Waals surface area contributed by atoms with Crippen molar-refractivity contribution in [1.29, 1.82) is 0 Å². The van der Waals surface area contributed by atoms with E-state index in [1.54, 1.807) is 12.1 Å². The molecule has 5 aromatic rings. The second-order valence-electron chi connectivity index (χ2n) is 10.0. The van der Waals surface area contributed by atoms with Gasteiger partial charge in [-0.15, -0.1) is 0 Å². The van der Waals surface area contributed by atoms with Crippen molar-refractivity contribution < 1.29 is 14.3 Å². The highest BCUT2D eigenvalue weighted by atomic mass is 19.1. The van der Waals surface area contributed by atoms with Crippen LogP contribution < -0.4 is 15.5 Å². The molecule has 8 nitrogen and oxygen atoms in total. The normalized spacial score (nSPS) is 14.3. The van der Waals surface area contributed by atoms with Gasteiger partial charge >= 0.3 is 0 Å². The summed E-state index contributed by atoms with van der Waals surface area (Å²) in [6.45, 7) is 5.55. The first kappa shape index (κ1) is 25.5. The van der Waals surface area contributed by atoms with Gasteiger partial charge in [0.05, 0.1) is 24.1 Å². The number of benzene rings is 3. The second-order valence-corrected chi connectivity index (χ2v) is 10.0. The van der Waals surface area contributed by atoms with E-state index in [0.29, 0.717) is 22.6 Å². The molecule has 0 bridgehead atoms. The van der Waals surface area contributed by atoms with E-state index < -0.39 is 11.9 Å². The van der Waals surface area contributed by atoms with E-state index >= 15 is 0 Å². The van der Waals surface area contributed by atoms with Gasteiger partial charge in [-0.2, -0.15) is 0 Å². The minimum atomic E-state index is -0.825. The van der Waals surface area contributed by atoms with Crippen molar-refractivity contribution in [1.82, 2.24) is 25.6 Å². The van der Waals surface area contributed by atoms with Gasteiger partial charge in [0.2, 0.25) is 0 Å². The summed E-state index contributed by atoms with van der Waals surface area (Å²) < 4.78 is 14.3. The molecule has 3 aromatic carbocycles. The van der Waals surface area contributed by atoms with Crippen LogP contribution in [-0.4, -0.2) is 52.1 Å². The molecule has 1 saturated heterocycles. The number of piperazine rings is 1. The van der Waals surface area contributed by atoms with Crippen molar-refractivity contribution in [3.63, 3.8) is 0 Å². The number of para-hydroxylation sites is 1. The van der Waals surface area contributed by atoms with Gasteiger partial charge in [0, 0.05) is 54.1 Å². The topological polar surface area (TPSA) is 106 Å². The van der Waals surface area contributed by atoms with E-state index in [1.807, 2.05) is 55.7 Å². The molecule has 1 fully saturated rings. The Kier molecular flexibility index (Phi) is 6.88. The van der Waals surface area contributed by atoms with Crippen LogP contribution in [0.25, 0.3) is 22.3 Å². The number of aromatic hydroxyl groups is 1. The van der Waals surface area contributed by atoms with Crippen LogP contribution in [0, 0.1) is 12.7 Å². The molecule has 2 aromatic heterocycles. The Morgan fingerprint density at radius 3 is 2.58 bits per heavy atom. The third kappa shape index (κ3) is 5.23. The number of aromatic amines is 1. The van der Waals surface area contributed by atoms with Crippen molar-refractivity contribution in [2.75, 3.05) is 31.1 Å². The quantitative estimate of drug-likeness (QED) is 0.251. The Balaban J connectivity index is 1.32. The number of carbonyl (C=O) groups is 1. The monoisotopic (exact) mass is 536 g/mol. The van der Waals surface area contributed by atoms with Crippen LogP contribution in [0.1, 0.15) is 33.2 Å². The molecule has 1 aliphatic rings. The van der Waals surface area contributed by atoms with Crippen molar-refractivity contribution in [2.45, 2.75) is 13.0 Å². The number of aryl methyl sites for hydroxylation is 1. The zero-order chi connectivity index (χ0) is 27.6. The minimum absolute atomic E-state index is 0.117. The first-order valence-corrected chi connectivity index (χ1v) is 13.2. The van der Waals surface area contributed by atoms with Crippen LogP contribution in [0.15, 0.2) is 79.1 Å². The molecule has 6 rings (SSSR count). The number of rotatable bonds is 6. The van der Waals surface area contributed by atoms with E-state index in [4.69, 9.17) is 0 Å². The van der Waals surface area contributed by atoms with E-state index in [1.165, 1.54) is 18.2 Å². The maximum Gasteiger partial charge on any atom is 0.252 e. The summed E-state index contributed by atoms with van der Waals surface area (Å²) in [7, 11) is 0. The largest absolute Gasteiger partial charge is 0.508 e. The van der Waals surface area contributed by atoms with Crippen LogP contribution in [0.5, 0.6) is 5.75 Å². The van der Waals surface area contributed by atoms with Gasteiger partial charge < -0.3 is 25.6 Å². The van der Waals surface area contributed by atoms with Gasteiger partial charge in [-0.25, -0.2) is 14.4 Å². The van der Waals surface area contributed by atoms with Gasteiger partial charge in [0.1, 0.15) is 11.6 Å². The number of nitrogens with one attached hydrogen (secondary N) is 3. The van der Waals surface area contributed by atoms with Gasteiger partial charge in [0.25, 0.3) is 5.91 Å². The summed E-state index contributed by atoms with van der Waals surface area (Å²) in [6.07, 6.45) is 3.63. The number of nitrogens with zero attached hydrogens (tertiary/aromatic N) is 3. The number of hydrogen-bond donors (Lipinski definition) is 4. The number of carbonyl (C=O) groups excluding carboxylic acids is 1. The Morgan fingerprint density at radius 1 is 1.02 bits per heavy atom. The summed E-state index contributed by atoms with van der Waals surface area (Å²) in [4.78, 5) is 28.4. The third-order valence-corrected chi connectivity index (χ3v) is 7.16. The number of hydrogen-bond acceptors (Lipinski definition) is 6. The summed E-state index contributed by atoms with van der Waals surface area (Å²) >= 11 is 0. The van der Waals surface area contributed by atoms with Crippen molar-refractivity contribution in [3.8, 4) is 17.1 Å². The van der Waals surface area contributed by atoms with Gasteiger partial charge in [0.15, 0.2) is 5.82 Å². The molecular formula is C31H29FN6O2. The summed E-state index contributed by atoms with van der Waals surface area (Å²) in [5.74, 6) is -0.489. The van der Waals surface area contributed by atoms with Crippen molar-refractivity contribution in [3.05, 3.63) is 107 Å². The standard InChI is InChI=1S/C31H29FN6O2/c1-19-12-21(30-34-17-24(18-35-30)38-10-8-33-9-11-38)14-22(13-19)31(40)37-29(25-16-23(32)6-7-28(25)39)27-15-20-4-2-3-5-26(20)36-27/h2-7,12-18,29,33,36,39H,8-11H2,1H3,(H,37,40)/t29-/m1/s1. The Morgan fingerprint density at radius 2 is 1.80 bits per heavy atom. The number of anilines is 1. The van der Waals surface area contributed by atoms with Crippen LogP contribution in [-0.2, 0) is 0 Å². The highest BCUT2D eigenvalue weighted by Gasteiger charge is 2.24. The lowest BCUT2D eigenvalue weighted by Gasteiger charge is -2.28. The van der Waals surface area contributed by atoms with Crippen LogP contribution in [0.4, 0.5) is 10.1 Å². The molecule has 1 aliphatic heterocycles. The lowest BCUT2D eigenvalue weighted by molar-refractivity contribution is 0.0942. The van der Waals surface area contributed by atoms with Gasteiger partial charge in [-0.3, -0.25) is 4.79 Å². The fourth-order valence-electron chi connectivity index (χ4n) is 5.15. The Bertz CT molecular complexity index is 1640. The lowest BCUT2D eigenvalue weighted by atomic mass is 10.0. The minimum Gasteiger partial charge on any atom is -0.508 e. The molecule has 1 amide bonds. The highest BCUT2D eigenvalue weighted by Crippen LogP contribution is 2.32. The number of fused-ring (bicyclic) bond motifs is 1. The fraction of sp³-hybridized carbons (Fsp3) is 0.194. The van der Waals surface area contributed by atoms with Crippen LogP contribution in [0.2, 0.25) is 0 Å². The summed E-state index contributed by atoms with van der Waals surface area (Å²) in [5.41, 5.74) is 4.69. The number of H-pyrrole nitrogens is 1. The Labute approximate surface area is 230 Å². The SMILES string of the molecule is Cc1cc(C(=O)N[C@@H](c2cc3ccccc3[nH]2)c2cc(F)ccc2O)cc(-c2ncc(N3CCNCC3)cn2)c1. The predicted octanol–water partition coefficient (Wildman–Crippen LogP) is 4.71. The first-order chi connectivity index (χ1) is 19.4. The molecular weight excluding hydrogens is 507 g/mol. The molecule has 1 atom stereocenters. The van der Waals surface area contributed by atoms with E-state index in [2.05, 4.69) is 30.5 Å². The molecule has 202 valence electrons. The van der Waals surface area contributed by atoms with E-state index in [0.717, 1.165) is 48.3 Å². The first-order valence-electron chi connectivity index (χ1n) is 13.2. The molecule has 0 unspecified atom stereocenters. The van der Waals surface area contributed by atoms with Gasteiger partial charge in [-0.05, 0) is 66.4 Å². The average molecular weight is 537 g/mol. The molecule has 0 saturated carbocycles. The Hall–Kier alpha value is -4.76. The zero-order valence-corrected chi connectivity index (χ0v) is 22.0. The van der Waals surface area contributed by atoms with Crippen molar-refractivity contribution in [2.24, 2.45) is 0 Å². The summed E-state index contributed by atoms with van der Waals surface area (Å²) in [6, 6.07) is 17.9. The third-order valence-electron chi connectivity index (χ3n) is 7.16. The molecule has 0 aliphatic carbocycles. The van der Waals surface area contributed by atoms with Crippen LogP contribution in [0.3, 0.4) is 0 Å².